The van der Waals surface area contributed by atoms with Gasteiger partial charge in [0.05, 0.1) is 17.9 Å². The molecule has 1 heterocycles. The number of carbonyl (C=O) groups excluding carboxylic acids is 2. The van der Waals surface area contributed by atoms with Crippen LogP contribution in [-0.4, -0.2) is 32.5 Å². The number of hydrogen-bond donors (Lipinski definition) is 1. The Morgan fingerprint density at radius 3 is 2.24 bits per heavy atom. The number of amides is 2. The summed E-state index contributed by atoms with van der Waals surface area (Å²) in [6, 6.07) is 22.4. The second-order valence-electron chi connectivity index (χ2n) is 8.47. The number of benzene rings is 3. The SMILES string of the molecule is CCCOc1ccc(C2=C(Nc3ccc(N(C)C)cc3)C(=O)N(c3cccc(C)c3)C2=O)cc1. The van der Waals surface area contributed by atoms with Crippen LogP contribution < -0.4 is 19.9 Å². The molecular weight excluding hydrogens is 426 g/mol. The molecule has 4 rings (SSSR count). The second-order valence-corrected chi connectivity index (χ2v) is 8.47. The maximum absolute atomic E-state index is 13.6. The summed E-state index contributed by atoms with van der Waals surface area (Å²) in [5.41, 5.74) is 4.54. The molecule has 6 heteroatoms. The van der Waals surface area contributed by atoms with E-state index in [1.54, 1.807) is 6.07 Å². The highest BCUT2D eigenvalue weighted by Crippen LogP contribution is 2.34. The van der Waals surface area contributed by atoms with Crippen molar-refractivity contribution in [3.8, 4) is 5.75 Å². The van der Waals surface area contributed by atoms with Crippen LogP contribution in [0.4, 0.5) is 17.1 Å². The van der Waals surface area contributed by atoms with E-state index in [4.69, 9.17) is 4.74 Å². The summed E-state index contributed by atoms with van der Waals surface area (Å²) in [7, 11) is 3.94. The number of hydrogen-bond acceptors (Lipinski definition) is 5. The third-order valence-corrected chi connectivity index (χ3v) is 5.61. The van der Waals surface area contributed by atoms with Gasteiger partial charge in [-0.3, -0.25) is 9.59 Å². The Bertz CT molecular complexity index is 1230. The standard InChI is InChI=1S/C28H29N3O3/c1-5-17-34-24-15-9-20(10-16-24)25-26(29-21-11-13-22(14-12-21)30(3)4)28(33)31(27(25)32)23-8-6-7-19(2)18-23/h6-16,18,29H,5,17H2,1-4H3. The van der Waals surface area contributed by atoms with Gasteiger partial charge < -0.3 is 15.0 Å². The highest BCUT2D eigenvalue weighted by molar-refractivity contribution is 6.46. The number of imide groups is 1. The lowest BCUT2D eigenvalue weighted by Crippen LogP contribution is -2.32. The molecule has 2 amide bonds. The zero-order valence-electron chi connectivity index (χ0n) is 20.0. The van der Waals surface area contributed by atoms with Crippen molar-refractivity contribution < 1.29 is 14.3 Å². The number of nitrogens with one attached hydrogen (secondary N) is 1. The van der Waals surface area contributed by atoms with Crippen LogP contribution in [0.15, 0.2) is 78.5 Å². The molecule has 6 nitrogen and oxygen atoms in total. The molecule has 0 bridgehead atoms. The van der Waals surface area contributed by atoms with Gasteiger partial charge in [-0.1, -0.05) is 31.2 Å². The lowest BCUT2D eigenvalue weighted by Gasteiger charge is -2.16. The fourth-order valence-electron chi connectivity index (χ4n) is 3.84. The first-order valence-corrected chi connectivity index (χ1v) is 11.4. The van der Waals surface area contributed by atoms with Gasteiger partial charge in [-0.15, -0.1) is 0 Å². The third-order valence-electron chi connectivity index (χ3n) is 5.61. The molecule has 1 N–H and O–H groups in total. The lowest BCUT2D eigenvalue weighted by atomic mass is 10.0. The molecule has 0 saturated heterocycles. The largest absolute Gasteiger partial charge is 0.494 e. The number of aryl methyl sites for hydroxylation is 1. The van der Waals surface area contributed by atoms with E-state index >= 15 is 0 Å². The molecule has 0 radical (unpaired) electrons. The molecule has 0 atom stereocenters. The molecule has 0 aliphatic carbocycles. The van der Waals surface area contributed by atoms with Crippen molar-refractivity contribution >= 4 is 34.4 Å². The third kappa shape index (κ3) is 4.66. The number of ether oxygens (including phenoxy) is 1. The van der Waals surface area contributed by atoms with E-state index in [9.17, 15) is 9.59 Å². The molecule has 0 saturated carbocycles. The van der Waals surface area contributed by atoms with Crippen molar-refractivity contribution in [2.75, 3.05) is 35.8 Å². The first kappa shape index (κ1) is 23.1. The molecule has 1 aliphatic heterocycles. The molecule has 0 aromatic heterocycles. The summed E-state index contributed by atoms with van der Waals surface area (Å²) < 4.78 is 5.68. The van der Waals surface area contributed by atoms with E-state index in [1.165, 1.54) is 4.90 Å². The van der Waals surface area contributed by atoms with Crippen LogP contribution in [0.3, 0.4) is 0 Å². The monoisotopic (exact) mass is 455 g/mol. The molecule has 0 spiro atoms. The van der Waals surface area contributed by atoms with Crippen LogP contribution >= 0.6 is 0 Å². The molecule has 3 aromatic rings. The normalized spacial score (nSPS) is 13.5. The van der Waals surface area contributed by atoms with Gasteiger partial charge in [0.1, 0.15) is 11.4 Å². The average molecular weight is 456 g/mol. The molecule has 3 aromatic carbocycles. The Kier molecular flexibility index (Phi) is 6.68. The summed E-state index contributed by atoms with van der Waals surface area (Å²) in [5, 5.41) is 3.22. The average Bonchev–Trinajstić information content (AvgIpc) is 3.07. The van der Waals surface area contributed by atoms with Gasteiger partial charge in [-0.05, 0) is 73.0 Å². The lowest BCUT2D eigenvalue weighted by molar-refractivity contribution is -0.120. The smallest absolute Gasteiger partial charge is 0.282 e. The number of carbonyl (C=O) groups is 2. The summed E-state index contributed by atoms with van der Waals surface area (Å²) in [6.07, 6.45) is 0.909. The summed E-state index contributed by atoms with van der Waals surface area (Å²) in [5.74, 6) is -0.00821. The van der Waals surface area contributed by atoms with Gasteiger partial charge in [-0.2, -0.15) is 0 Å². The highest BCUT2D eigenvalue weighted by Gasteiger charge is 2.40. The Hall–Kier alpha value is -4.06. The van der Waals surface area contributed by atoms with Crippen LogP contribution in [0.25, 0.3) is 5.57 Å². The predicted octanol–water partition coefficient (Wildman–Crippen LogP) is 5.25. The Balaban J connectivity index is 1.74. The highest BCUT2D eigenvalue weighted by atomic mass is 16.5. The van der Waals surface area contributed by atoms with Gasteiger partial charge in [0.15, 0.2) is 0 Å². The second kappa shape index (κ2) is 9.83. The fraction of sp³-hybridized carbons (Fsp3) is 0.214. The Morgan fingerprint density at radius 2 is 1.62 bits per heavy atom. The van der Waals surface area contributed by atoms with E-state index in [0.29, 0.717) is 23.4 Å². The minimum Gasteiger partial charge on any atom is -0.494 e. The molecule has 34 heavy (non-hydrogen) atoms. The molecule has 1 aliphatic rings. The van der Waals surface area contributed by atoms with E-state index in [2.05, 4.69) is 5.32 Å². The summed E-state index contributed by atoms with van der Waals surface area (Å²) in [6.45, 7) is 4.60. The van der Waals surface area contributed by atoms with Crippen LogP contribution in [0.2, 0.25) is 0 Å². The topological polar surface area (TPSA) is 61.9 Å². The maximum Gasteiger partial charge on any atom is 0.282 e. The zero-order valence-corrected chi connectivity index (χ0v) is 20.0. The summed E-state index contributed by atoms with van der Waals surface area (Å²) in [4.78, 5) is 30.4. The first-order chi connectivity index (χ1) is 16.4. The molecule has 0 fully saturated rings. The minimum atomic E-state index is -0.381. The Labute approximate surface area is 200 Å². The van der Waals surface area contributed by atoms with E-state index in [0.717, 1.165) is 29.1 Å². The van der Waals surface area contributed by atoms with Gasteiger partial charge in [0.25, 0.3) is 11.8 Å². The van der Waals surface area contributed by atoms with Gasteiger partial charge in [0, 0.05) is 25.5 Å². The maximum atomic E-state index is 13.6. The predicted molar refractivity (Wildman–Crippen MR) is 137 cm³/mol. The number of anilines is 3. The molecule has 174 valence electrons. The van der Waals surface area contributed by atoms with Crippen molar-refractivity contribution in [3.63, 3.8) is 0 Å². The van der Waals surface area contributed by atoms with E-state index in [-0.39, 0.29) is 17.5 Å². The van der Waals surface area contributed by atoms with Crippen molar-refractivity contribution in [2.45, 2.75) is 20.3 Å². The number of rotatable bonds is 8. The fourth-order valence-corrected chi connectivity index (χ4v) is 3.84. The van der Waals surface area contributed by atoms with Crippen molar-refractivity contribution in [2.24, 2.45) is 0 Å². The number of nitrogens with zero attached hydrogens (tertiary/aromatic N) is 2. The van der Waals surface area contributed by atoms with Crippen LogP contribution in [0.1, 0.15) is 24.5 Å². The van der Waals surface area contributed by atoms with Gasteiger partial charge >= 0.3 is 0 Å². The summed E-state index contributed by atoms with van der Waals surface area (Å²) >= 11 is 0. The first-order valence-electron chi connectivity index (χ1n) is 11.4. The van der Waals surface area contributed by atoms with E-state index in [1.807, 2.05) is 99.6 Å². The zero-order chi connectivity index (χ0) is 24.2. The van der Waals surface area contributed by atoms with Crippen molar-refractivity contribution in [3.05, 3.63) is 89.6 Å². The molecular formula is C28H29N3O3. The van der Waals surface area contributed by atoms with E-state index < -0.39 is 0 Å². The van der Waals surface area contributed by atoms with Crippen molar-refractivity contribution in [1.29, 1.82) is 0 Å². The van der Waals surface area contributed by atoms with Crippen molar-refractivity contribution in [1.82, 2.24) is 0 Å². The van der Waals surface area contributed by atoms with Gasteiger partial charge in [-0.25, -0.2) is 4.90 Å². The van der Waals surface area contributed by atoms with Crippen LogP contribution in [-0.2, 0) is 9.59 Å². The van der Waals surface area contributed by atoms with Crippen LogP contribution in [0, 0.1) is 6.92 Å². The quantitative estimate of drug-likeness (QED) is 0.470. The van der Waals surface area contributed by atoms with Gasteiger partial charge in [0.2, 0.25) is 0 Å². The Morgan fingerprint density at radius 1 is 0.912 bits per heavy atom. The minimum absolute atomic E-state index is 0.256. The molecule has 0 unspecified atom stereocenters. The van der Waals surface area contributed by atoms with Crippen LogP contribution in [0.5, 0.6) is 5.75 Å².